The molecule has 92 valence electrons. The molecule has 0 radical (unpaired) electrons. The number of aryl methyl sites for hydroxylation is 1. The molecule has 0 aliphatic carbocycles. The third-order valence-electron chi connectivity index (χ3n) is 2.35. The highest BCUT2D eigenvalue weighted by Crippen LogP contribution is 2.22. The minimum absolute atomic E-state index is 0.00420. The summed E-state index contributed by atoms with van der Waals surface area (Å²) >= 11 is 5.90. The lowest BCUT2D eigenvalue weighted by Crippen LogP contribution is -2.12. The van der Waals surface area contributed by atoms with Crippen molar-refractivity contribution in [3.05, 3.63) is 52.8 Å². The molecule has 1 amide bonds. The van der Waals surface area contributed by atoms with Crippen molar-refractivity contribution in [2.24, 2.45) is 0 Å². The molecule has 1 aromatic carbocycles. The molecule has 2 aromatic rings. The second-order valence-corrected chi connectivity index (χ2v) is 4.21. The molecule has 0 saturated carbocycles. The molecule has 2 N–H and O–H groups in total. The number of hydrogen-bond donors (Lipinski definition) is 2. The van der Waals surface area contributed by atoms with E-state index >= 15 is 0 Å². The zero-order chi connectivity index (χ0) is 13.1. The summed E-state index contributed by atoms with van der Waals surface area (Å²) in [6, 6.07) is 7.65. The van der Waals surface area contributed by atoms with E-state index in [9.17, 15) is 9.90 Å². The van der Waals surface area contributed by atoms with Crippen molar-refractivity contribution in [3.8, 4) is 5.75 Å². The van der Waals surface area contributed by atoms with Crippen LogP contribution in [0.25, 0.3) is 0 Å². The SMILES string of the molecule is Cc1cc(NC(=O)c2cc(O)ccc2Cl)ccn1. The molecule has 18 heavy (non-hydrogen) atoms. The highest BCUT2D eigenvalue weighted by atomic mass is 35.5. The number of phenolic OH excluding ortho intramolecular Hbond substituents is 1. The molecule has 0 aliphatic rings. The molecule has 0 bridgehead atoms. The van der Waals surface area contributed by atoms with Crippen molar-refractivity contribution in [3.63, 3.8) is 0 Å². The van der Waals surface area contributed by atoms with Gasteiger partial charge in [0.15, 0.2) is 0 Å². The summed E-state index contributed by atoms with van der Waals surface area (Å²) in [6.45, 7) is 1.83. The molecule has 0 saturated heterocycles. The van der Waals surface area contributed by atoms with Gasteiger partial charge in [-0.15, -0.1) is 0 Å². The number of pyridine rings is 1. The monoisotopic (exact) mass is 262 g/mol. The molecule has 1 aromatic heterocycles. The van der Waals surface area contributed by atoms with Crippen LogP contribution in [0.15, 0.2) is 36.5 Å². The Labute approximate surface area is 109 Å². The van der Waals surface area contributed by atoms with Crippen molar-refractivity contribution in [2.75, 3.05) is 5.32 Å². The second kappa shape index (κ2) is 5.06. The number of anilines is 1. The fourth-order valence-electron chi connectivity index (χ4n) is 1.51. The van der Waals surface area contributed by atoms with E-state index in [2.05, 4.69) is 10.3 Å². The fraction of sp³-hybridized carbons (Fsp3) is 0.0769. The Balaban J connectivity index is 2.24. The minimum Gasteiger partial charge on any atom is -0.508 e. The molecule has 0 fully saturated rings. The van der Waals surface area contributed by atoms with Crippen LogP contribution in [0, 0.1) is 6.92 Å². The number of nitrogens with zero attached hydrogens (tertiary/aromatic N) is 1. The third kappa shape index (κ3) is 2.78. The number of benzene rings is 1. The Morgan fingerprint density at radius 1 is 1.33 bits per heavy atom. The first-order valence-corrected chi connectivity index (χ1v) is 5.66. The van der Waals surface area contributed by atoms with Gasteiger partial charge < -0.3 is 10.4 Å². The van der Waals surface area contributed by atoms with E-state index in [-0.39, 0.29) is 22.2 Å². The molecule has 0 aliphatic heterocycles. The van der Waals surface area contributed by atoms with Crippen LogP contribution in [0.2, 0.25) is 5.02 Å². The standard InChI is InChI=1S/C13H11ClN2O2/c1-8-6-9(4-5-15-8)16-13(18)11-7-10(17)2-3-12(11)14/h2-7,17H,1H3,(H,15,16,18). The van der Waals surface area contributed by atoms with Gasteiger partial charge in [-0.1, -0.05) is 11.6 Å². The van der Waals surface area contributed by atoms with Crippen LogP contribution in [0.4, 0.5) is 5.69 Å². The highest BCUT2D eigenvalue weighted by Gasteiger charge is 2.11. The summed E-state index contributed by atoms with van der Waals surface area (Å²) in [5.74, 6) is -0.378. The number of aromatic nitrogens is 1. The van der Waals surface area contributed by atoms with E-state index in [4.69, 9.17) is 11.6 Å². The Kier molecular flexibility index (Phi) is 3.48. The van der Waals surface area contributed by atoms with Crippen LogP contribution in [0.5, 0.6) is 5.75 Å². The molecule has 0 unspecified atom stereocenters. The van der Waals surface area contributed by atoms with Crippen LogP contribution >= 0.6 is 11.6 Å². The Bertz CT molecular complexity index is 599. The first-order chi connectivity index (χ1) is 8.56. The van der Waals surface area contributed by atoms with Crippen molar-refractivity contribution in [1.82, 2.24) is 4.98 Å². The number of amides is 1. The predicted octanol–water partition coefficient (Wildman–Crippen LogP) is 3.00. The summed E-state index contributed by atoms with van der Waals surface area (Å²) < 4.78 is 0. The van der Waals surface area contributed by atoms with Crippen LogP contribution in [0.1, 0.15) is 16.1 Å². The van der Waals surface area contributed by atoms with Crippen molar-refractivity contribution in [1.29, 1.82) is 0 Å². The maximum Gasteiger partial charge on any atom is 0.257 e. The summed E-state index contributed by atoms with van der Waals surface area (Å²) in [5, 5.41) is 12.3. The number of rotatable bonds is 2. The summed E-state index contributed by atoms with van der Waals surface area (Å²) in [7, 11) is 0. The first kappa shape index (κ1) is 12.4. The van der Waals surface area contributed by atoms with Gasteiger partial charge in [0.2, 0.25) is 0 Å². The Morgan fingerprint density at radius 2 is 2.11 bits per heavy atom. The summed E-state index contributed by atoms with van der Waals surface area (Å²) in [5.41, 5.74) is 1.66. The quantitative estimate of drug-likeness (QED) is 0.875. The number of halogens is 1. The van der Waals surface area contributed by atoms with Crippen molar-refractivity contribution < 1.29 is 9.90 Å². The zero-order valence-corrected chi connectivity index (χ0v) is 10.4. The summed E-state index contributed by atoms with van der Waals surface area (Å²) in [6.07, 6.45) is 1.61. The van der Waals surface area contributed by atoms with Gasteiger partial charge >= 0.3 is 0 Å². The third-order valence-corrected chi connectivity index (χ3v) is 2.68. The zero-order valence-electron chi connectivity index (χ0n) is 9.64. The van der Waals surface area contributed by atoms with Gasteiger partial charge in [-0.3, -0.25) is 9.78 Å². The minimum atomic E-state index is -0.374. The molecule has 0 atom stereocenters. The van der Waals surface area contributed by atoms with E-state index in [0.29, 0.717) is 5.69 Å². The summed E-state index contributed by atoms with van der Waals surface area (Å²) in [4.78, 5) is 16.0. The smallest absolute Gasteiger partial charge is 0.257 e. The van der Waals surface area contributed by atoms with E-state index in [1.807, 2.05) is 6.92 Å². The number of aromatic hydroxyl groups is 1. The Hall–Kier alpha value is -2.07. The molecule has 5 heteroatoms. The number of hydrogen-bond acceptors (Lipinski definition) is 3. The van der Waals surface area contributed by atoms with E-state index in [1.54, 1.807) is 18.3 Å². The number of carbonyl (C=O) groups is 1. The van der Waals surface area contributed by atoms with Crippen LogP contribution in [-0.2, 0) is 0 Å². The largest absolute Gasteiger partial charge is 0.508 e. The topological polar surface area (TPSA) is 62.2 Å². The molecule has 2 rings (SSSR count). The number of phenols is 1. The van der Waals surface area contributed by atoms with Gasteiger partial charge in [-0.2, -0.15) is 0 Å². The van der Waals surface area contributed by atoms with E-state index in [1.165, 1.54) is 18.2 Å². The van der Waals surface area contributed by atoms with Crippen LogP contribution in [-0.4, -0.2) is 16.0 Å². The van der Waals surface area contributed by atoms with Gasteiger partial charge in [-0.05, 0) is 37.3 Å². The Morgan fingerprint density at radius 3 is 2.83 bits per heavy atom. The molecule has 4 nitrogen and oxygen atoms in total. The van der Waals surface area contributed by atoms with Gasteiger partial charge in [0.25, 0.3) is 5.91 Å². The molecule has 0 spiro atoms. The number of nitrogens with one attached hydrogen (secondary N) is 1. The molecular weight excluding hydrogens is 252 g/mol. The maximum absolute atomic E-state index is 12.0. The van der Waals surface area contributed by atoms with Crippen LogP contribution < -0.4 is 5.32 Å². The lowest BCUT2D eigenvalue weighted by molar-refractivity contribution is 0.102. The molecule has 1 heterocycles. The average Bonchev–Trinajstić information content (AvgIpc) is 2.32. The van der Waals surface area contributed by atoms with Crippen molar-refractivity contribution in [2.45, 2.75) is 6.92 Å². The second-order valence-electron chi connectivity index (χ2n) is 3.80. The first-order valence-electron chi connectivity index (χ1n) is 5.29. The lowest BCUT2D eigenvalue weighted by Gasteiger charge is -2.07. The van der Waals surface area contributed by atoms with E-state index in [0.717, 1.165) is 5.69 Å². The van der Waals surface area contributed by atoms with E-state index < -0.39 is 0 Å². The lowest BCUT2D eigenvalue weighted by atomic mass is 10.2. The number of carbonyl (C=O) groups excluding carboxylic acids is 1. The fourth-order valence-corrected chi connectivity index (χ4v) is 1.71. The van der Waals surface area contributed by atoms with Gasteiger partial charge in [-0.25, -0.2) is 0 Å². The predicted molar refractivity (Wildman–Crippen MR) is 70.0 cm³/mol. The highest BCUT2D eigenvalue weighted by molar-refractivity contribution is 6.34. The van der Waals surface area contributed by atoms with Gasteiger partial charge in [0.05, 0.1) is 10.6 Å². The van der Waals surface area contributed by atoms with Crippen molar-refractivity contribution >= 4 is 23.2 Å². The molecular formula is C13H11ClN2O2. The normalized spacial score (nSPS) is 10.1. The van der Waals surface area contributed by atoms with Crippen LogP contribution in [0.3, 0.4) is 0 Å². The average molecular weight is 263 g/mol. The van der Waals surface area contributed by atoms with Gasteiger partial charge in [0.1, 0.15) is 5.75 Å². The maximum atomic E-state index is 12.0. The van der Waals surface area contributed by atoms with Gasteiger partial charge in [0, 0.05) is 17.6 Å².